The third-order valence-electron chi connectivity index (χ3n) is 2.23. The van der Waals surface area contributed by atoms with E-state index in [1.807, 2.05) is 13.0 Å². The second-order valence-electron chi connectivity index (χ2n) is 3.55. The summed E-state index contributed by atoms with van der Waals surface area (Å²) in [6, 6.07) is 6.23. The summed E-state index contributed by atoms with van der Waals surface area (Å²) >= 11 is 5.69. The lowest BCUT2D eigenvalue weighted by Crippen LogP contribution is -2.32. The minimum atomic E-state index is -0.359. The van der Waals surface area contributed by atoms with Crippen LogP contribution in [0.15, 0.2) is 18.2 Å². The molecule has 1 aromatic carbocycles. The molecule has 0 bridgehead atoms. The molecule has 1 amide bonds. The van der Waals surface area contributed by atoms with E-state index in [-0.39, 0.29) is 23.8 Å². The molecule has 0 unspecified atom stereocenters. The third kappa shape index (κ3) is 3.36. The summed E-state index contributed by atoms with van der Waals surface area (Å²) in [6.45, 7) is 2.41. The third-order valence-corrected chi connectivity index (χ3v) is 2.47. The first-order valence-corrected chi connectivity index (χ1v) is 5.62. The maximum atomic E-state index is 12.0. The summed E-state index contributed by atoms with van der Waals surface area (Å²) in [5.74, 6) is -0.524. The van der Waals surface area contributed by atoms with Gasteiger partial charge in [0.2, 0.25) is 0 Å². The molecule has 0 saturated heterocycles. The van der Waals surface area contributed by atoms with Crippen LogP contribution in [-0.4, -0.2) is 29.0 Å². The van der Waals surface area contributed by atoms with Crippen molar-refractivity contribution in [2.24, 2.45) is 0 Å². The molecule has 0 fully saturated rings. The van der Waals surface area contributed by atoms with E-state index >= 15 is 0 Å². The zero-order valence-electron chi connectivity index (χ0n) is 9.48. The Labute approximate surface area is 105 Å². The fourth-order valence-electron chi connectivity index (χ4n) is 1.46. The first-order chi connectivity index (χ1) is 8.10. The SMILES string of the molecule is CCCN(CC#N)C(=O)c1ccc(Cl)cc1O. The lowest BCUT2D eigenvalue weighted by atomic mass is 10.1. The molecule has 0 aromatic heterocycles. The highest BCUT2D eigenvalue weighted by molar-refractivity contribution is 6.30. The van der Waals surface area contributed by atoms with Gasteiger partial charge in [-0.2, -0.15) is 5.26 Å². The Morgan fingerprint density at radius 3 is 2.82 bits per heavy atom. The number of carbonyl (C=O) groups excluding carboxylic acids is 1. The van der Waals surface area contributed by atoms with E-state index in [0.29, 0.717) is 11.6 Å². The summed E-state index contributed by atoms with van der Waals surface area (Å²) in [5, 5.41) is 18.6. The molecule has 17 heavy (non-hydrogen) atoms. The van der Waals surface area contributed by atoms with Gasteiger partial charge in [0.15, 0.2) is 0 Å². The van der Waals surface area contributed by atoms with Crippen molar-refractivity contribution in [3.8, 4) is 11.8 Å². The van der Waals surface area contributed by atoms with E-state index in [1.54, 1.807) is 0 Å². The van der Waals surface area contributed by atoms with Crippen LogP contribution in [-0.2, 0) is 0 Å². The first kappa shape index (κ1) is 13.3. The second kappa shape index (κ2) is 6.12. The number of aromatic hydroxyl groups is 1. The Bertz CT molecular complexity index is 454. The molecule has 90 valence electrons. The van der Waals surface area contributed by atoms with Crippen molar-refractivity contribution in [1.82, 2.24) is 4.90 Å². The van der Waals surface area contributed by atoms with E-state index in [9.17, 15) is 9.90 Å². The summed E-state index contributed by atoms with van der Waals surface area (Å²) in [7, 11) is 0. The van der Waals surface area contributed by atoms with Crippen LogP contribution in [0, 0.1) is 11.3 Å². The number of amides is 1. The van der Waals surface area contributed by atoms with Gasteiger partial charge in [-0.05, 0) is 24.6 Å². The van der Waals surface area contributed by atoms with Gasteiger partial charge in [0.05, 0.1) is 11.6 Å². The Balaban J connectivity index is 2.97. The van der Waals surface area contributed by atoms with Crippen LogP contribution >= 0.6 is 11.6 Å². The molecule has 1 rings (SSSR count). The lowest BCUT2D eigenvalue weighted by molar-refractivity contribution is 0.0773. The van der Waals surface area contributed by atoms with Gasteiger partial charge in [-0.25, -0.2) is 0 Å². The Kier molecular flexibility index (Phi) is 4.80. The maximum Gasteiger partial charge on any atom is 0.258 e. The molecule has 0 aliphatic rings. The number of nitriles is 1. The monoisotopic (exact) mass is 252 g/mol. The number of nitrogens with zero attached hydrogens (tertiary/aromatic N) is 2. The number of rotatable bonds is 4. The van der Waals surface area contributed by atoms with Crippen molar-refractivity contribution in [1.29, 1.82) is 5.26 Å². The van der Waals surface area contributed by atoms with Crippen molar-refractivity contribution < 1.29 is 9.90 Å². The van der Waals surface area contributed by atoms with Gasteiger partial charge in [-0.15, -0.1) is 0 Å². The van der Waals surface area contributed by atoms with E-state index in [0.717, 1.165) is 6.42 Å². The summed E-state index contributed by atoms with van der Waals surface area (Å²) in [6.07, 6.45) is 0.752. The number of phenols is 1. The van der Waals surface area contributed by atoms with Crippen molar-refractivity contribution >= 4 is 17.5 Å². The zero-order valence-corrected chi connectivity index (χ0v) is 10.2. The summed E-state index contributed by atoms with van der Waals surface area (Å²) in [5.41, 5.74) is 0.165. The molecule has 0 spiro atoms. The number of hydrogen-bond donors (Lipinski definition) is 1. The molecule has 0 atom stereocenters. The van der Waals surface area contributed by atoms with Crippen LogP contribution in [0.25, 0.3) is 0 Å². The van der Waals surface area contributed by atoms with Gasteiger partial charge >= 0.3 is 0 Å². The second-order valence-corrected chi connectivity index (χ2v) is 3.98. The molecule has 1 aromatic rings. The fraction of sp³-hybridized carbons (Fsp3) is 0.333. The highest BCUT2D eigenvalue weighted by Crippen LogP contribution is 2.23. The van der Waals surface area contributed by atoms with Crippen molar-refractivity contribution in [3.63, 3.8) is 0 Å². The molecule has 0 saturated carbocycles. The van der Waals surface area contributed by atoms with Gasteiger partial charge in [0.25, 0.3) is 5.91 Å². The van der Waals surface area contributed by atoms with Crippen molar-refractivity contribution in [2.75, 3.05) is 13.1 Å². The minimum absolute atomic E-state index is 0.00867. The van der Waals surface area contributed by atoms with Gasteiger partial charge in [0.1, 0.15) is 12.3 Å². The molecular weight excluding hydrogens is 240 g/mol. The number of halogens is 1. The lowest BCUT2D eigenvalue weighted by Gasteiger charge is -2.19. The van der Waals surface area contributed by atoms with Crippen LogP contribution in [0.4, 0.5) is 0 Å². The molecule has 5 heteroatoms. The van der Waals surface area contributed by atoms with Crippen LogP contribution in [0.2, 0.25) is 5.02 Å². The standard InChI is InChI=1S/C12H13ClN2O2/c1-2-6-15(7-5-14)12(17)10-4-3-9(13)8-11(10)16/h3-4,8,16H,2,6-7H2,1H3. The topological polar surface area (TPSA) is 64.3 Å². The van der Waals surface area contributed by atoms with Gasteiger partial charge in [-0.1, -0.05) is 18.5 Å². The van der Waals surface area contributed by atoms with Crippen LogP contribution in [0.1, 0.15) is 23.7 Å². The average molecular weight is 253 g/mol. The highest BCUT2D eigenvalue weighted by atomic mass is 35.5. The maximum absolute atomic E-state index is 12.0. The van der Waals surface area contributed by atoms with Crippen LogP contribution in [0.3, 0.4) is 0 Å². The Morgan fingerprint density at radius 2 is 2.29 bits per heavy atom. The Morgan fingerprint density at radius 1 is 1.59 bits per heavy atom. The summed E-state index contributed by atoms with van der Waals surface area (Å²) in [4.78, 5) is 13.4. The van der Waals surface area contributed by atoms with Crippen LogP contribution in [0.5, 0.6) is 5.75 Å². The average Bonchev–Trinajstić information content (AvgIpc) is 2.28. The highest BCUT2D eigenvalue weighted by Gasteiger charge is 2.18. The van der Waals surface area contributed by atoms with E-state index in [4.69, 9.17) is 16.9 Å². The van der Waals surface area contributed by atoms with Gasteiger partial charge in [-0.3, -0.25) is 4.79 Å². The minimum Gasteiger partial charge on any atom is -0.507 e. The number of hydrogen-bond acceptors (Lipinski definition) is 3. The molecule has 1 N–H and O–H groups in total. The predicted octanol–water partition coefficient (Wildman–Crippen LogP) is 2.42. The number of carbonyl (C=O) groups is 1. The van der Waals surface area contributed by atoms with Crippen molar-refractivity contribution in [2.45, 2.75) is 13.3 Å². The van der Waals surface area contributed by atoms with E-state index in [1.165, 1.54) is 23.1 Å². The van der Waals surface area contributed by atoms with Crippen LogP contribution < -0.4 is 0 Å². The van der Waals surface area contributed by atoms with E-state index in [2.05, 4.69) is 0 Å². The summed E-state index contributed by atoms with van der Waals surface area (Å²) < 4.78 is 0. The zero-order chi connectivity index (χ0) is 12.8. The van der Waals surface area contributed by atoms with Gasteiger partial charge in [0, 0.05) is 11.6 Å². The quantitative estimate of drug-likeness (QED) is 0.837. The predicted molar refractivity (Wildman–Crippen MR) is 64.9 cm³/mol. The van der Waals surface area contributed by atoms with Crippen molar-refractivity contribution in [3.05, 3.63) is 28.8 Å². The molecule has 0 radical (unpaired) electrons. The molecule has 4 nitrogen and oxygen atoms in total. The molecule has 0 aliphatic carbocycles. The Hall–Kier alpha value is -1.73. The normalized spacial score (nSPS) is 9.71. The molecule has 0 heterocycles. The number of benzene rings is 1. The number of phenolic OH excluding ortho intramolecular Hbond substituents is 1. The molecular formula is C12H13ClN2O2. The fourth-order valence-corrected chi connectivity index (χ4v) is 1.63. The molecule has 0 aliphatic heterocycles. The van der Waals surface area contributed by atoms with E-state index < -0.39 is 0 Å². The first-order valence-electron chi connectivity index (χ1n) is 5.25. The largest absolute Gasteiger partial charge is 0.507 e. The smallest absolute Gasteiger partial charge is 0.258 e. The van der Waals surface area contributed by atoms with Gasteiger partial charge < -0.3 is 10.0 Å².